The van der Waals surface area contributed by atoms with Crippen LogP contribution in [0.2, 0.25) is 0 Å². The van der Waals surface area contributed by atoms with E-state index in [4.69, 9.17) is 0 Å². The van der Waals surface area contributed by atoms with E-state index in [2.05, 4.69) is 57.2 Å². The Bertz CT molecular complexity index is 374. The second kappa shape index (κ2) is 8.31. The lowest BCUT2D eigenvalue weighted by Gasteiger charge is -2.24. The van der Waals surface area contributed by atoms with Crippen LogP contribution in [0.25, 0.3) is 0 Å². The van der Waals surface area contributed by atoms with Crippen molar-refractivity contribution in [3.05, 3.63) is 29.1 Å². The molecular weight excluding hydrogens is 232 g/mol. The molecule has 2 heteroatoms. The average molecular weight is 262 g/mol. The van der Waals surface area contributed by atoms with Gasteiger partial charge in [0.05, 0.1) is 0 Å². The minimum Gasteiger partial charge on any atom is -0.313 e. The molecule has 1 N–H and O–H groups in total. The van der Waals surface area contributed by atoms with E-state index >= 15 is 0 Å². The van der Waals surface area contributed by atoms with Crippen LogP contribution in [0.4, 0.5) is 0 Å². The van der Waals surface area contributed by atoms with Gasteiger partial charge in [-0.15, -0.1) is 0 Å². The van der Waals surface area contributed by atoms with Crippen LogP contribution in [-0.4, -0.2) is 12.0 Å². The summed E-state index contributed by atoms with van der Waals surface area (Å²) in [5.41, 5.74) is 3.64. The zero-order valence-electron chi connectivity index (χ0n) is 13.3. The maximum atomic E-state index is 4.60. The first-order valence-corrected chi connectivity index (χ1v) is 7.73. The molecule has 0 amide bonds. The highest BCUT2D eigenvalue weighted by molar-refractivity contribution is 5.25. The van der Waals surface area contributed by atoms with Gasteiger partial charge in [0.2, 0.25) is 0 Å². The number of rotatable bonds is 8. The number of nitrogens with zero attached hydrogens (tertiary/aromatic N) is 1. The standard InChI is InChI=1S/C17H30N2/c1-6-8-9-15(7-2)12-17(18-5)16-11-10-13(3)19-14(16)4/h10-11,15,17-18H,6-9,12H2,1-5H3. The molecule has 1 heterocycles. The molecule has 0 aliphatic carbocycles. The number of pyridine rings is 1. The Morgan fingerprint density at radius 2 is 1.95 bits per heavy atom. The lowest BCUT2D eigenvalue weighted by Crippen LogP contribution is -2.21. The smallest absolute Gasteiger partial charge is 0.0423 e. The molecule has 1 aromatic heterocycles. The van der Waals surface area contributed by atoms with Crippen molar-refractivity contribution in [1.82, 2.24) is 10.3 Å². The lowest BCUT2D eigenvalue weighted by molar-refractivity contribution is 0.363. The number of aryl methyl sites for hydroxylation is 2. The average Bonchev–Trinajstić information content (AvgIpc) is 2.40. The van der Waals surface area contributed by atoms with Crippen molar-refractivity contribution in [2.75, 3.05) is 7.05 Å². The maximum Gasteiger partial charge on any atom is 0.0423 e. The Hall–Kier alpha value is -0.890. The van der Waals surface area contributed by atoms with Crippen LogP contribution in [0.3, 0.4) is 0 Å². The summed E-state index contributed by atoms with van der Waals surface area (Å²) in [5.74, 6) is 0.818. The molecule has 2 atom stereocenters. The summed E-state index contributed by atoms with van der Waals surface area (Å²) in [6.07, 6.45) is 6.49. The molecule has 0 bridgehead atoms. The summed E-state index contributed by atoms with van der Waals surface area (Å²) in [5, 5.41) is 3.48. The highest BCUT2D eigenvalue weighted by atomic mass is 14.9. The van der Waals surface area contributed by atoms with Crippen molar-refractivity contribution >= 4 is 0 Å². The van der Waals surface area contributed by atoms with Gasteiger partial charge >= 0.3 is 0 Å². The molecule has 0 radical (unpaired) electrons. The molecule has 0 spiro atoms. The first-order valence-electron chi connectivity index (χ1n) is 7.73. The van der Waals surface area contributed by atoms with Crippen LogP contribution in [0, 0.1) is 19.8 Å². The van der Waals surface area contributed by atoms with Crippen molar-refractivity contribution in [2.45, 2.75) is 65.8 Å². The van der Waals surface area contributed by atoms with Gasteiger partial charge in [-0.05, 0) is 44.9 Å². The molecule has 108 valence electrons. The fraction of sp³-hybridized carbons (Fsp3) is 0.706. The molecule has 19 heavy (non-hydrogen) atoms. The van der Waals surface area contributed by atoms with Crippen LogP contribution >= 0.6 is 0 Å². The van der Waals surface area contributed by atoms with Crippen LogP contribution < -0.4 is 5.32 Å². The summed E-state index contributed by atoms with van der Waals surface area (Å²) in [6.45, 7) is 8.77. The van der Waals surface area contributed by atoms with E-state index in [0.29, 0.717) is 6.04 Å². The number of unbranched alkanes of at least 4 members (excludes halogenated alkanes) is 1. The van der Waals surface area contributed by atoms with Gasteiger partial charge in [0, 0.05) is 17.4 Å². The minimum absolute atomic E-state index is 0.440. The van der Waals surface area contributed by atoms with Crippen LogP contribution in [0.15, 0.2) is 12.1 Å². The Kier molecular flexibility index (Phi) is 7.07. The summed E-state index contributed by atoms with van der Waals surface area (Å²) >= 11 is 0. The molecule has 0 saturated carbocycles. The molecule has 1 rings (SSSR count). The van der Waals surface area contributed by atoms with Gasteiger partial charge in [0.1, 0.15) is 0 Å². The van der Waals surface area contributed by atoms with Gasteiger partial charge in [-0.2, -0.15) is 0 Å². The normalized spacial score (nSPS) is 14.4. The second-order valence-corrected chi connectivity index (χ2v) is 5.62. The fourth-order valence-corrected chi connectivity index (χ4v) is 2.78. The van der Waals surface area contributed by atoms with Gasteiger partial charge < -0.3 is 5.32 Å². The van der Waals surface area contributed by atoms with Gasteiger partial charge in [-0.25, -0.2) is 0 Å². The van der Waals surface area contributed by atoms with Gasteiger partial charge in [-0.3, -0.25) is 4.98 Å². The number of aromatic nitrogens is 1. The lowest BCUT2D eigenvalue weighted by atomic mass is 9.89. The molecule has 2 unspecified atom stereocenters. The second-order valence-electron chi connectivity index (χ2n) is 5.62. The largest absolute Gasteiger partial charge is 0.313 e. The first-order chi connectivity index (χ1) is 9.12. The van der Waals surface area contributed by atoms with E-state index in [1.54, 1.807) is 0 Å². The predicted molar refractivity (Wildman–Crippen MR) is 83.4 cm³/mol. The van der Waals surface area contributed by atoms with Crippen molar-refractivity contribution in [2.24, 2.45) is 5.92 Å². The minimum atomic E-state index is 0.440. The van der Waals surface area contributed by atoms with Crippen molar-refractivity contribution in [3.8, 4) is 0 Å². The third kappa shape index (κ3) is 4.94. The van der Waals surface area contributed by atoms with Gasteiger partial charge in [-0.1, -0.05) is 45.6 Å². The van der Waals surface area contributed by atoms with E-state index in [1.165, 1.54) is 43.4 Å². The highest BCUT2D eigenvalue weighted by Crippen LogP contribution is 2.27. The van der Waals surface area contributed by atoms with E-state index < -0.39 is 0 Å². The molecule has 0 fully saturated rings. The van der Waals surface area contributed by atoms with Crippen molar-refractivity contribution < 1.29 is 0 Å². The van der Waals surface area contributed by atoms with E-state index in [9.17, 15) is 0 Å². The highest BCUT2D eigenvalue weighted by Gasteiger charge is 2.17. The number of hydrogen-bond donors (Lipinski definition) is 1. The summed E-state index contributed by atoms with van der Waals surface area (Å²) < 4.78 is 0. The molecule has 0 aliphatic heterocycles. The maximum absolute atomic E-state index is 4.60. The third-order valence-corrected chi connectivity index (χ3v) is 4.10. The zero-order valence-corrected chi connectivity index (χ0v) is 13.3. The molecule has 2 nitrogen and oxygen atoms in total. The summed E-state index contributed by atoms with van der Waals surface area (Å²) in [4.78, 5) is 4.60. The van der Waals surface area contributed by atoms with E-state index in [0.717, 1.165) is 11.6 Å². The molecule has 0 aliphatic rings. The number of nitrogens with one attached hydrogen (secondary N) is 1. The SMILES string of the molecule is CCCCC(CC)CC(NC)c1ccc(C)nc1C. The van der Waals surface area contributed by atoms with E-state index in [1.807, 2.05) is 0 Å². The zero-order chi connectivity index (χ0) is 14.3. The third-order valence-electron chi connectivity index (χ3n) is 4.10. The van der Waals surface area contributed by atoms with Crippen molar-refractivity contribution in [1.29, 1.82) is 0 Å². The quantitative estimate of drug-likeness (QED) is 0.742. The monoisotopic (exact) mass is 262 g/mol. The van der Waals surface area contributed by atoms with Crippen LogP contribution in [0.1, 0.15) is 68.9 Å². The van der Waals surface area contributed by atoms with Crippen molar-refractivity contribution in [3.63, 3.8) is 0 Å². The Morgan fingerprint density at radius 1 is 1.21 bits per heavy atom. The Balaban J connectivity index is 2.76. The molecule has 1 aromatic rings. The first kappa shape index (κ1) is 16.2. The summed E-state index contributed by atoms with van der Waals surface area (Å²) in [6, 6.07) is 4.81. The number of hydrogen-bond acceptors (Lipinski definition) is 2. The molecular formula is C17H30N2. The predicted octanol–water partition coefficient (Wildman–Crippen LogP) is 4.57. The summed E-state index contributed by atoms with van der Waals surface area (Å²) in [7, 11) is 2.07. The van der Waals surface area contributed by atoms with Crippen LogP contribution in [0.5, 0.6) is 0 Å². The van der Waals surface area contributed by atoms with Gasteiger partial charge in [0.15, 0.2) is 0 Å². The van der Waals surface area contributed by atoms with Gasteiger partial charge in [0.25, 0.3) is 0 Å². The fourth-order valence-electron chi connectivity index (χ4n) is 2.78. The topological polar surface area (TPSA) is 24.9 Å². The van der Waals surface area contributed by atoms with Crippen LogP contribution in [-0.2, 0) is 0 Å². The Labute approximate surface area is 119 Å². The van der Waals surface area contributed by atoms with E-state index in [-0.39, 0.29) is 0 Å². The molecule has 0 saturated heterocycles. The Morgan fingerprint density at radius 3 is 2.47 bits per heavy atom. The molecule has 0 aromatic carbocycles.